The standard InChI is InChI=1S/C53H67N7O9/c1-7-46(62)58-21-15-36(31-58)50(64)57(5)47(34-16-23-68-24-17-34)49(63)55-44-27-33-25-37(28-38(61)26-33)35-13-14-45-40(29-35)41(48(59(45)8-2)39-11-9-19-54-42(39)18-22-67-6)30-53(3,4)32-69-52(66)43-12-10-20-60(56-43)51(44)65/h7,9,11,13-14,19,25-26,28-29,34,36,43-44,47,56,61H,1,8,10,12,15-18,20-24,27,30-32H2,2-6H3,(H,55,63)/t36-,43-,44-,47-/m0/s1. The van der Waals surface area contributed by atoms with Crippen LogP contribution in [0.1, 0.15) is 69.7 Å². The summed E-state index contributed by atoms with van der Waals surface area (Å²) in [6, 6.07) is 12.6. The van der Waals surface area contributed by atoms with Crippen molar-refractivity contribution < 1.29 is 43.3 Å². The van der Waals surface area contributed by atoms with Crippen molar-refractivity contribution in [2.24, 2.45) is 17.3 Å². The Kier molecular flexibility index (Phi) is 15.2. The number of benzene rings is 2. The molecule has 6 heterocycles. The van der Waals surface area contributed by atoms with Gasteiger partial charge < -0.3 is 39.0 Å². The highest BCUT2D eigenvalue weighted by molar-refractivity contribution is 5.96. The van der Waals surface area contributed by atoms with E-state index in [1.54, 1.807) is 37.4 Å². The lowest BCUT2D eigenvalue weighted by molar-refractivity contribution is -0.155. The van der Waals surface area contributed by atoms with Crippen LogP contribution >= 0.6 is 0 Å². The molecule has 3 saturated heterocycles. The zero-order chi connectivity index (χ0) is 49.0. The number of amides is 4. The molecule has 2 aromatic carbocycles. The molecule has 16 nitrogen and oxygen atoms in total. The number of carbonyl (C=O) groups excluding carboxylic acids is 5. The number of likely N-dealkylation sites (N-methyl/N-ethyl adjacent to an activating group) is 1. The summed E-state index contributed by atoms with van der Waals surface area (Å²) in [5.41, 5.74) is 9.81. The molecule has 0 saturated carbocycles. The molecule has 4 atom stereocenters. The van der Waals surface area contributed by atoms with Gasteiger partial charge in [0.25, 0.3) is 5.91 Å². The van der Waals surface area contributed by atoms with Gasteiger partial charge in [0.15, 0.2) is 0 Å². The number of cyclic esters (lactones) is 1. The topological polar surface area (TPSA) is 185 Å². The minimum Gasteiger partial charge on any atom is -0.508 e. The number of phenols is 1. The van der Waals surface area contributed by atoms with Gasteiger partial charge in [-0.15, -0.1) is 0 Å². The zero-order valence-electron chi connectivity index (χ0n) is 40.6. The van der Waals surface area contributed by atoms with Crippen molar-refractivity contribution >= 4 is 40.5 Å². The van der Waals surface area contributed by atoms with E-state index in [9.17, 15) is 29.1 Å². The molecule has 0 aliphatic carbocycles. The van der Waals surface area contributed by atoms with E-state index in [0.29, 0.717) is 83.4 Å². The summed E-state index contributed by atoms with van der Waals surface area (Å²) < 4.78 is 19.6. The van der Waals surface area contributed by atoms with Crippen LogP contribution in [0.2, 0.25) is 0 Å². The van der Waals surface area contributed by atoms with E-state index >= 15 is 0 Å². The first-order valence-corrected chi connectivity index (χ1v) is 24.4. The van der Waals surface area contributed by atoms with Crippen LogP contribution in [0.4, 0.5) is 0 Å². The number of fused-ring (bicyclic) bond motifs is 6. The molecule has 4 amide bonds. The Hall–Kier alpha value is -6.10. The van der Waals surface area contributed by atoms with Crippen LogP contribution in [-0.2, 0) is 64.0 Å². The molecule has 0 spiro atoms. The van der Waals surface area contributed by atoms with Crippen molar-refractivity contribution in [1.82, 2.24) is 35.1 Å². The minimum atomic E-state index is -1.17. The summed E-state index contributed by atoms with van der Waals surface area (Å²) in [7, 11) is 3.30. The van der Waals surface area contributed by atoms with Gasteiger partial charge in [0.2, 0.25) is 17.7 Å². The Bertz CT molecular complexity index is 2580. The van der Waals surface area contributed by atoms with Crippen LogP contribution in [0.3, 0.4) is 0 Å². The van der Waals surface area contributed by atoms with E-state index in [4.69, 9.17) is 19.2 Å². The van der Waals surface area contributed by atoms with Crippen LogP contribution in [0.5, 0.6) is 5.75 Å². The normalized spacial score (nSPS) is 21.6. The van der Waals surface area contributed by atoms with E-state index in [0.717, 1.165) is 44.5 Å². The number of pyridine rings is 1. The smallest absolute Gasteiger partial charge is 0.324 e. The molecular formula is C53H67N7O9. The molecule has 3 N–H and O–H groups in total. The van der Waals surface area contributed by atoms with Crippen molar-refractivity contribution in [3.63, 3.8) is 0 Å². The van der Waals surface area contributed by atoms with Gasteiger partial charge in [-0.1, -0.05) is 32.6 Å². The fourth-order valence-corrected chi connectivity index (χ4v) is 10.8. The van der Waals surface area contributed by atoms with Gasteiger partial charge in [-0.25, -0.2) is 5.43 Å². The third kappa shape index (κ3) is 10.7. The zero-order valence-corrected chi connectivity index (χ0v) is 40.6. The largest absolute Gasteiger partial charge is 0.508 e. The number of nitrogens with zero attached hydrogens (tertiary/aromatic N) is 5. The number of aryl methyl sites for hydroxylation is 1. The molecule has 0 unspecified atom stereocenters. The van der Waals surface area contributed by atoms with Gasteiger partial charge in [0.05, 0.1) is 30.5 Å². The Morgan fingerprint density at radius 1 is 1.07 bits per heavy atom. The summed E-state index contributed by atoms with van der Waals surface area (Å²) in [5, 5.41) is 16.9. The number of aromatic hydroxyl groups is 1. The molecule has 0 radical (unpaired) electrons. The number of likely N-dealkylation sites (tertiary alicyclic amines) is 1. The maximum Gasteiger partial charge on any atom is 0.324 e. The second-order valence-electron chi connectivity index (χ2n) is 19.8. The number of hydrogen-bond acceptors (Lipinski definition) is 11. The number of carbonyl (C=O) groups is 5. The average Bonchev–Trinajstić information content (AvgIpc) is 3.97. The van der Waals surface area contributed by atoms with E-state index in [1.807, 2.05) is 18.2 Å². The highest BCUT2D eigenvalue weighted by Crippen LogP contribution is 2.41. The molecule has 16 heteroatoms. The van der Waals surface area contributed by atoms with Crippen molar-refractivity contribution in [1.29, 1.82) is 0 Å². The molecule has 69 heavy (non-hydrogen) atoms. The minimum absolute atomic E-state index is 0.00860. The quantitative estimate of drug-likeness (QED) is 0.132. The third-order valence-corrected chi connectivity index (χ3v) is 14.3. The second-order valence-corrected chi connectivity index (χ2v) is 19.8. The second kappa shape index (κ2) is 21.3. The van der Waals surface area contributed by atoms with Crippen LogP contribution in [0.25, 0.3) is 33.3 Å². The average molecular weight is 946 g/mol. The molecule has 6 bridgehead atoms. The summed E-state index contributed by atoms with van der Waals surface area (Å²) in [6.07, 6.45) is 6.65. The van der Waals surface area contributed by atoms with Crippen LogP contribution in [-0.4, -0.2) is 137 Å². The first-order valence-electron chi connectivity index (χ1n) is 24.4. The summed E-state index contributed by atoms with van der Waals surface area (Å²) in [4.78, 5) is 78.4. The molecule has 2 aromatic heterocycles. The van der Waals surface area contributed by atoms with Gasteiger partial charge in [-0.2, -0.15) is 0 Å². The predicted octanol–water partition coefficient (Wildman–Crippen LogP) is 5.22. The molecule has 4 aliphatic rings. The van der Waals surface area contributed by atoms with E-state index in [-0.39, 0.29) is 49.6 Å². The Morgan fingerprint density at radius 3 is 2.62 bits per heavy atom. The molecule has 8 rings (SSSR count). The van der Waals surface area contributed by atoms with Crippen LogP contribution < -0.4 is 10.7 Å². The highest BCUT2D eigenvalue weighted by atomic mass is 16.5. The first kappa shape index (κ1) is 49.3. The number of ether oxygens (including phenoxy) is 3. The molecule has 3 fully saturated rings. The van der Waals surface area contributed by atoms with Gasteiger partial charge in [-0.3, -0.25) is 34.0 Å². The highest BCUT2D eigenvalue weighted by Gasteiger charge is 2.42. The summed E-state index contributed by atoms with van der Waals surface area (Å²) in [6.45, 7) is 12.9. The predicted molar refractivity (Wildman–Crippen MR) is 260 cm³/mol. The number of aromatic nitrogens is 2. The van der Waals surface area contributed by atoms with Gasteiger partial charge in [0, 0.05) is 94.5 Å². The third-order valence-electron chi connectivity index (χ3n) is 14.3. The lowest BCUT2D eigenvalue weighted by Crippen LogP contribution is -2.62. The van der Waals surface area contributed by atoms with E-state index < -0.39 is 47.2 Å². The first-order chi connectivity index (χ1) is 33.2. The van der Waals surface area contributed by atoms with Gasteiger partial charge in [-0.05, 0) is 116 Å². The number of hydrazine groups is 1. The van der Waals surface area contributed by atoms with Gasteiger partial charge >= 0.3 is 5.97 Å². The Balaban J connectivity index is 1.20. The van der Waals surface area contributed by atoms with Crippen molar-refractivity contribution in [2.45, 2.75) is 96.8 Å². The van der Waals surface area contributed by atoms with Crippen molar-refractivity contribution in [3.05, 3.63) is 84.2 Å². The van der Waals surface area contributed by atoms with E-state index in [1.165, 1.54) is 16.0 Å². The SMILES string of the molecule is C=CC(=O)N1CC[C@H](C(=O)N(C)[C@H](C(=O)N[C@H]2Cc3cc(O)cc(c3)-c3ccc4c(c3)c(c(-c3cccnc3CCOC)n4CC)CC(C)(C)COC(=O)[C@@H]3CCCN(N3)C2=O)C2CCOCC2)C1. The maximum absolute atomic E-state index is 14.9. The maximum atomic E-state index is 14.9. The molecule has 4 aliphatic heterocycles. The van der Waals surface area contributed by atoms with Crippen LogP contribution in [0.15, 0.2) is 67.4 Å². The molecule has 4 aromatic rings. The number of phenolic OH excluding ortho intramolecular Hbond substituents is 1. The monoisotopic (exact) mass is 946 g/mol. The van der Waals surface area contributed by atoms with Crippen molar-refractivity contribution in [2.75, 3.05) is 60.2 Å². The Morgan fingerprint density at radius 2 is 1.87 bits per heavy atom. The number of hydrogen-bond donors (Lipinski definition) is 3. The lowest BCUT2D eigenvalue weighted by Gasteiger charge is -2.38. The summed E-state index contributed by atoms with van der Waals surface area (Å²) in [5.74, 6) is -2.74. The van der Waals surface area contributed by atoms with E-state index in [2.05, 4.69) is 60.9 Å². The lowest BCUT2D eigenvalue weighted by atomic mass is 9.84. The molecule has 368 valence electrons. The number of esters is 1. The number of rotatable bonds is 11. The number of methoxy groups -OCH3 is 1. The summed E-state index contributed by atoms with van der Waals surface area (Å²) >= 11 is 0. The Labute approximate surface area is 404 Å². The van der Waals surface area contributed by atoms with Gasteiger partial charge in [0.1, 0.15) is 23.9 Å². The van der Waals surface area contributed by atoms with Crippen molar-refractivity contribution in [3.8, 4) is 28.1 Å². The number of nitrogens with one attached hydrogen (secondary N) is 2. The van der Waals surface area contributed by atoms with Crippen LogP contribution in [0, 0.1) is 17.3 Å². The fourth-order valence-electron chi connectivity index (χ4n) is 10.8. The fraction of sp³-hybridized carbons (Fsp3) is 0.509. The molecular weight excluding hydrogens is 879 g/mol.